The van der Waals surface area contributed by atoms with Crippen molar-refractivity contribution >= 4 is 33.0 Å². The highest BCUT2D eigenvalue weighted by molar-refractivity contribution is 7.22. The van der Waals surface area contributed by atoms with Gasteiger partial charge in [0, 0.05) is 12.2 Å². The zero-order chi connectivity index (χ0) is 17.5. The minimum atomic E-state index is -0.148. The van der Waals surface area contributed by atoms with E-state index in [2.05, 4.69) is 27.4 Å². The van der Waals surface area contributed by atoms with Crippen LogP contribution in [-0.2, 0) is 0 Å². The molecular formula is C19H19N5OS. The van der Waals surface area contributed by atoms with Gasteiger partial charge in [0.05, 0.1) is 27.4 Å². The Balaban J connectivity index is 1.49. The third kappa shape index (κ3) is 2.83. The largest absolute Gasteiger partial charge is 0.393 e. The Morgan fingerprint density at radius 1 is 1.12 bits per heavy atom. The van der Waals surface area contributed by atoms with Crippen molar-refractivity contribution in [1.29, 1.82) is 0 Å². The summed E-state index contributed by atoms with van der Waals surface area (Å²) in [6.45, 7) is 0. The zero-order valence-electron chi connectivity index (χ0n) is 14.2. The average molecular weight is 365 g/mol. The van der Waals surface area contributed by atoms with Gasteiger partial charge in [-0.05, 0) is 56.0 Å². The van der Waals surface area contributed by atoms with Gasteiger partial charge in [-0.3, -0.25) is 4.98 Å². The van der Waals surface area contributed by atoms with Crippen LogP contribution in [0.25, 0.3) is 26.4 Å². The molecule has 132 valence electrons. The summed E-state index contributed by atoms with van der Waals surface area (Å²) in [5.41, 5.74) is 2.80. The van der Waals surface area contributed by atoms with E-state index in [9.17, 15) is 5.11 Å². The van der Waals surface area contributed by atoms with Gasteiger partial charge in [0.1, 0.15) is 11.5 Å². The Hall–Kier alpha value is -2.51. The standard InChI is InChI=1S/C19H19N5OS/c25-13-5-3-12(4-6-13)22-18-7-8-19-21-11-15(24(19)23-18)17-10-14-16(26-17)2-1-9-20-14/h1-2,7-13,25H,3-6H2,(H,22,23). The number of pyridine rings is 1. The Morgan fingerprint density at radius 3 is 2.85 bits per heavy atom. The van der Waals surface area contributed by atoms with Crippen molar-refractivity contribution in [2.45, 2.75) is 37.8 Å². The predicted octanol–water partition coefficient (Wildman–Crippen LogP) is 3.72. The van der Waals surface area contributed by atoms with Crippen LogP contribution in [0.3, 0.4) is 0 Å². The molecule has 0 radical (unpaired) electrons. The highest BCUT2D eigenvalue weighted by Gasteiger charge is 2.20. The number of aliphatic hydroxyl groups is 1. The fraction of sp³-hybridized carbons (Fsp3) is 0.316. The summed E-state index contributed by atoms with van der Waals surface area (Å²) in [7, 11) is 0. The quantitative estimate of drug-likeness (QED) is 0.579. The van der Waals surface area contributed by atoms with E-state index in [0.717, 1.165) is 57.9 Å². The minimum Gasteiger partial charge on any atom is -0.393 e. The second kappa shape index (κ2) is 6.34. The molecule has 4 aromatic heterocycles. The van der Waals surface area contributed by atoms with E-state index >= 15 is 0 Å². The fourth-order valence-electron chi connectivity index (χ4n) is 3.54. The second-order valence-corrected chi connectivity index (χ2v) is 7.86. The van der Waals surface area contributed by atoms with Gasteiger partial charge >= 0.3 is 0 Å². The lowest BCUT2D eigenvalue weighted by Gasteiger charge is -2.26. The molecule has 1 saturated carbocycles. The predicted molar refractivity (Wildman–Crippen MR) is 103 cm³/mol. The van der Waals surface area contributed by atoms with Crippen molar-refractivity contribution in [3.8, 4) is 10.6 Å². The first-order valence-electron chi connectivity index (χ1n) is 8.90. The molecule has 5 rings (SSSR count). The Kier molecular flexibility index (Phi) is 3.83. The average Bonchev–Trinajstić information content (AvgIpc) is 3.26. The molecule has 4 aromatic rings. The van der Waals surface area contributed by atoms with Crippen molar-refractivity contribution in [2.75, 3.05) is 5.32 Å². The molecule has 0 amide bonds. The first kappa shape index (κ1) is 15.7. The highest BCUT2D eigenvalue weighted by atomic mass is 32.1. The lowest BCUT2D eigenvalue weighted by molar-refractivity contribution is 0.126. The topological polar surface area (TPSA) is 75.3 Å². The summed E-state index contributed by atoms with van der Waals surface area (Å²) in [6, 6.07) is 10.5. The van der Waals surface area contributed by atoms with E-state index in [0.29, 0.717) is 6.04 Å². The molecular weight excluding hydrogens is 346 g/mol. The van der Waals surface area contributed by atoms with Gasteiger partial charge in [-0.2, -0.15) is 0 Å². The lowest BCUT2D eigenvalue weighted by atomic mass is 9.93. The molecule has 1 fully saturated rings. The van der Waals surface area contributed by atoms with Crippen molar-refractivity contribution in [1.82, 2.24) is 19.6 Å². The Morgan fingerprint density at radius 2 is 2.00 bits per heavy atom. The van der Waals surface area contributed by atoms with Crippen LogP contribution in [0.15, 0.2) is 42.7 Å². The van der Waals surface area contributed by atoms with E-state index in [4.69, 9.17) is 5.10 Å². The lowest BCUT2D eigenvalue weighted by Crippen LogP contribution is -2.28. The molecule has 26 heavy (non-hydrogen) atoms. The van der Waals surface area contributed by atoms with Crippen LogP contribution in [0.1, 0.15) is 25.7 Å². The van der Waals surface area contributed by atoms with Gasteiger partial charge in [-0.15, -0.1) is 16.4 Å². The molecule has 0 unspecified atom stereocenters. The van der Waals surface area contributed by atoms with E-state index in [-0.39, 0.29) is 6.10 Å². The van der Waals surface area contributed by atoms with Crippen LogP contribution in [0, 0.1) is 0 Å². The number of imidazole rings is 1. The summed E-state index contributed by atoms with van der Waals surface area (Å²) in [5.74, 6) is 0.845. The first-order chi connectivity index (χ1) is 12.8. The van der Waals surface area contributed by atoms with Gasteiger partial charge in [-0.25, -0.2) is 9.50 Å². The summed E-state index contributed by atoms with van der Waals surface area (Å²) in [4.78, 5) is 10.0. The summed E-state index contributed by atoms with van der Waals surface area (Å²) in [5, 5.41) is 17.9. The number of anilines is 1. The monoisotopic (exact) mass is 365 g/mol. The molecule has 0 aliphatic heterocycles. The molecule has 4 heterocycles. The molecule has 0 bridgehead atoms. The number of hydrogen-bond donors (Lipinski definition) is 2. The highest BCUT2D eigenvalue weighted by Crippen LogP contribution is 2.32. The van der Waals surface area contributed by atoms with Crippen LogP contribution in [0.4, 0.5) is 5.82 Å². The molecule has 0 saturated heterocycles. The Bertz CT molecular complexity index is 1030. The fourth-order valence-corrected chi connectivity index (χ4v) is 4.56. The van der Waals surface area contributed by atoms with Crippen molar-refractivity contribution in [3.05, 3.63) is 42.7 Å². The molecule has 1 aliphatic carbocycles. The minimum absolute atomic E-state index is 0.148. The van der Waals surface area contributed by atoms with E-state index in [1.54, 1.807) is 11.3 Å². The van der Waals surface area contributed by atoms with Crippen molar-refractivity contribution in [2.24, 2.45) is 0 Å². The van der Waals surface area contributed by atoms with E-state index in [1.165, 1.54) is 0 Å². The van der Waals surface area contributed by atoms with Gasteiger partial charge in [0.2, 0.25) is 0 Å². The van der Waals surface area contributed by atoms with Gasteiger partial charge < -0.3 is 10.4 Å². The van der Waals surface area contributed by atoms with Crippen molar-refractivity contribution < 1.29 is 5.11 Å². The van der Waals surface area contributed by atoms with Crippen LogP contribution in [0.2, 0.25) is 0 Å². The zero-order valence-corrected chi connectivity index (χ0v) is 15.0. The van der Waals surface area contributed by atoms with Gasteiger partial charge in [-0.1, -0.05) is 0 Å². The number of thiophene rings is 1. The van der Waals surface area contributed by atoms with Crippen LogP contribution >= 0.6 is 11.3 Å². The number of fused-ring (bicyclic) bond motifs is 2. The van der Waals surface area contributed by atoms with E-state index < -0.39 is 0 Å². The number of nitrogens with one attached hydrogen (secondary N) is 1. The molecule has 0 spiro atoms. The van der Waals surface area contributed by atoms with E-state index in [1.807, 2.05) is 35.1 Å². The maximum absolute atomic E-state index is 9.67. The smallest absolute Gasteiger partial charge is 0.154 e. The molecule has 0 aromatic carbocycles. The third-order valence-corrected chi connectivity index (χ3v) is 6.06. The summed E-state index contributed by atoms with van der Waals surface area (Å²) in [6.07, 6.45) is 7.18. The normalized spacial score (nSPS) is 20.7. The van der Waals surface area contributed by atoms with Crippen LogP contribution in [-0.4, -0.2) is 36.8 Å². The van der Waals surface area contributed by atoms with Gasteiger partial charge in [0.25, 0.3) is 0 Å². The maximum atomic E-state index is 9.67. The number of hydrogen-bond acceptors (Lipinski definition) is 6. The molecule has 7 heteroatoms. The molecule has 6 nitrogen and oxygen atoms in total. The van der Waals surface area contributed by atoms with Crippen LogP contribution in [0.5, 0.6) is 0 Å². The van der Waals surface area contributed by atoms with Crippen molar-refractivity contribution in [3.63, 3.8) is 0 Å². The third-order valence-electron chi connectivity index (χ3n) is 4.95. The number of nitrogens with zero attached hydrogens (tertiary/aromatic N) is 4. The Labute approximate surface area is 154 Å². The maximum Gasteiger partial charge on any atom is 0.154 e. The number of aromatic nitrogens is 4. The summed E-state index contributed by atoms with van der Waals surface area (Å²) >= 11 is 1.70. The molecule has 2 N–H and O–H groups in total. The molecule has 1 aliphatic rings. The SMILES string of the molecule is OC1CCC(Nc2ccc3ncc(-c4cc5ncccc5s4)n3n2)CC1. The second-order valence-electron chi connectivity index (χ2n) is 6.78. The first-order valence-corrected chi connectivity index (χ1v) is 9.72. The number of aliphatic hydroxyl groups excluding tert-OH is 1. The van der Waals surface area contributed by atoms with Gasteiger partial charge in [0.15, 0.2) is 5.65 Å². The number of rotatable bonds is 3. The van der Waals surface area contributed by atoms with Crippen LogP contribution < -0.4 is 5.32 Å². The molecule has 0 atom stereocenters. The summed E-state index contributed by atoms with van der Waals surface area (Å²) < 4.78 is 3.05.